The molecular formula is C28H32Cl2FN7O3. The van der Waals surface area contributed by atoms with E-state index in [0.29, 0.717) is 58.9 Å². The van der Waals surface area contributed by atoms with E-state index in [0.717, 1.165) is 45.3 Å². The number of nitrogens with zero attached hydrogens (tertiary/aromatic N) is 4. The van der Waals surface area contributed by atoms with E-state index in [1.54, 1.807) is 24.4 Å². The Bertz CT molecular complexity index is 1380. The maximum atomic E-state index is 13.7. The molecule has 10 nitrogen and oxygen atoms in total. The highest BCUT2D eigenvalue weighted by Gasteiger charge is 2.21. The van der Waals surface area contributed by atoms with Crippen LogP contribution in [-0.4, -0.2) is 71.9 Å². The van der Waals surface area contributed by atoms with E-state index in [1.165, 1.54) is 18.5 Å². The van der Waals surface area contributed by atoms with Crippen molar-refractivity contribution in [2.75, 3.05) is 49.4 Å². The van der Waals surface area contributed by atoms with Crippen LogP contribution in [0.1, 0.15) is 25.7 Å². The van der Waals surface area contributed by atoms with Gasteiger partial charge in [-0.2, -0.15) is 5.10 Å². The number of piperidine rings is 1. The lowest BCUT2D eigenvalue weighted by molar-refractivity contribution is 0.142. The highest BCUT2D eigenvalue weighted by atomic mass is 35.5. The third-order valence-electron chi connectivity index (χ3n) is 7.04. The lowest BCUT2D eigenvalue weighted by atomic mass is 9.98. The molecule has 2 amide bonds. The Kier molecular flexibility index (Phi) is 10.0. The number of halogens is 3. The fourth-order valence-electron chi connectivity index (χ4n) is 4.84. The lowest BCUT2D eigenvalue weighted by Gasteiger charge is -2.29. The molecule has 0 spiro atoms. The van der Waals surface area contributed by atoms with Crippen molar-refractivity contribution >= 4 is 63.5 Å². The molecule has 2 aromatic carbocycles. The van der Waals surface area contributed by atoms with Crippen molar-refractivity contribution in [1.29, 1.82) is 0 Å². The molecule has 2 fully saturated rings. The van der Waals surface area contributed by atoms with Gasteiger partial charge in [-0.15, -0.1) is 11.6 Å². The van der Waals surface area contributed by atoms with Crippen LogP contribution in [0.25, 0.3) is 10.9 Å². The smallest absolute Gasteiger partial charge is 0.339 e. The van der Waals surface area contributed by atoms with Gasteiger partial charge >= 0.3 is 6.03 Å². The number of ether oxygens (including phenoxy) is 2. The highest BCUT2D eigenvalue weighted by molar-refractivity contribution is 6.31. The first kappa shape index (κ1) is 29.2. The van der Waals surface area contributed by atoms with Crippen LogP contribution < -0.4 is 20.8 Å². The number of alkyl halides is 1. The molecule has 2 saturated heterocycles. The molecule has 5 rings (SSSR count). The third-order valence-corrected chi connectivity index (χ3v) is 7.60. The zero-order valence-corrected chi connectivity index (χ0v) is 23.9. The maximum absolute atomic E-state index is 13.7. The molecule has 1 aromatic heterocycles. The second-order valence-corrected chi connectivity index (χ2v) is 10.8. The Morgan fingerprint density at radius 1 is 1.22 bits per heavy atom. The topological polar surface area (TPSA) is 113 Å². The maximum Gasteiger partial charge on any atom is 0.339 e. The monoisotopic (exact) mass is 603 g/mol. The Balaban J connectivity index is 1.31. The molecule has 3 N–H and O–H groups in total. The van der Waals surface area contributed by atoms with Crippen molar-refractivity contribution in [2.24, 2.45) is 11.0 Å². The molecule has 0 aliphatic carbocycles. The largest absolute Gasteiger partial charge is 0.486 e. The number of aromatic nitrogens is 2. The number of urea groups is 1. The molecule has 0 unspecified atom stereocenters. The van der Waals surface area contributed by atoms with E-state index >= 15 is 0 Å². The molecule has 3 heterocycles. The molecule has 3 aromatic rings. The predicted octanol–water partition coefficient (Wildman–Crippen LogP) is 5.78. The van der Waals surface area contributed by atoms with E-state index in [-0.39, 0.29) is 11.1 Å². The Hall–Kier alpha value is -3.25. The summed E-state index contributed by atoms with van der Waals surface area (Å²) in [6, 6.07) is 7.26. The number of benzene rings is 2. The van der Waals surface area contributed by atoms with Crippen molar-refractivity contribution in [1.82, 2.24) is 20.3 Å². The Morgan fingerprint density at radius 3 is 2.83 bits per heavy atom. The van der Waals surface area contributed by atoms with Gasteiger partial charge in [0.15, 0.2) is 0 Å². The highest BCUT2D eigenvalue weighted by Crippen LogP contribution is 2.35. The van der Waals surface area contributed by atoms with E-state index < -0.39 is 11.8 Å². The van der Waals surface area contributed by atoms with Gasteiger partial charge < -0.3 is 25.0 Å². The van der Waals surface area contributed by atoms with Crippen LogP contribution in [0.5, 0.6) is 5.75 Å². The van der Waals surface area contributed by atoms with Gasteiger partial charge in [-0.05, 0) is 69.1 Å². The first-order valence-electron chi connectivity index (χ1n) is 13.6. The second kappa shape index (κ2) is 14.1. The summed E-state index contributed by atoms with van der Waals surface area (Å²) in [4.78, 5) is 24.0. The molecule has 2 aliphatic rings. The van der Waals surface area contributed by atoms with E-state index in [4.69, 9.17) is 32.7 Å². The van der Waals surface area contributed by atoms with Crippen LogP contribution in [0.2, 0.25) is 5.02 Å². The van der Waals surface area contributed by atoms with E-state index in [9.17, 15) is 9.18 Å². The molecule has 0 bridgehead atoms. The zero-order valence-electron chi connectivity index (χ0n) is 22.4. The molecule has 218 valence electrons. The van der Waals surface area contributed by atoms with Gasteiger partial charge in [-0.25, -0.2) is 24.6 Å². The van der Waals surface area contributed by atoms with Gasteiger partial charge in [-0.1, -0.05) is 11.6 Å². The van der Waals surface area contributed by atoms with Crippen molar-refractivity contribution in [2.45, 2.75) is 31.8 Å². The minimum Gasteiger partial charge on any atom is -0.486 e. The standard InChI is InChI=1S/C28H32Cl2FN7O3/c29-7-1-8-38-9-4-18(5-10-38)15-34-37-28(39)36-25-13-21-24(14-26(25)41-20-6-11-40-16-20)32-17-33-27(21)35-19-2-3-23(31)22(30)12-19/h2-3,12-15,17-18,20H,1,4-11,16H2,(H,32,33,35)(H2,36,37,39)/b34-15+/t20-/m0/s1. The minimum absolute atomic E-state index is 0.0145. The van der Waals surface area contributed by atoms with Gasteiger partial charge in [0.2, 0.25) is 0 Å². The van der Waals surface area contributed by atoms with Crippen LogP contribution in [0.15, 0.2) is 41.8 Å². The zero-order chi connectivity index (χ0) is 28.6. The minimum atomic E-state index is -0.518. The summed E-state index contributed by atoms with van der Waals surface area (Å²) in [5.41, 5.74) is 4.12. The van der Waals surface area contributed by atoms with E-state index in [1.807, 2.05) is 0 Å². The number of carbonyl (C=O) groups excluding carboxylic acids is 1. The van der Waals surface area contributed by atoms with Gasteiger partial charge in [0.25, 0.3) is 0 Å². The third kappa shape index (κ3) is 7.94. The summed E-state index contributed by atoms with van der Waals surface area (Å²) in [7, 11) is 0. The SMILES string of the molecule is O=C(N/N=C/C1CCN(CCCCl)CC1)Nc1cc2c(Nc3ccc(F)c(Cl)c3)ncnc2cc1O[C@H]1CCOC1. The van der Waals surface area contributed by atoms with Crippen molar-refractivity contribution < 1.29 is 18.7 Å². The number of amides is 2. The van der Waals surface area contributed by atoms with Crippen LogP contribution in [-0.2, 0) is 4.74 Å². The van der Waals surface area contributed by atoms with Gasteiger partial charge in [-0.3, -0.25) is 0 Å². The average molecular weight is 605 g/mol. The Labute approximate surface area is 247 Å². The fraction of sp³-hybridized carbons (Fsp3) is 0.429. The second-order valence-electron chi connectivity index (χ2n) is 10.0. The number of likely N-dealkylation sites (tertiary alicyclic amines) is 1. The molecule has 0 radical (unpaired) electrons. The first-order valence-corrected chi connectivity index (χ1v) is 14.5. The number of hydrogen-bond donors (Lipinski definition) is 3. The van der Waals surface area contributed by atoms with Crippen LogP contribution >= 0.6 is 23.2 Å². The van der Waals surface area contributed by atoms with Gasteiger partial charge in [0.1, 0.15) is 29.8 Å². The predicted molar refractivity (Wildman–Crippen MR) is 159 cm³/mol. The number of rotatable bonds is 10. The summed E-state index contributed by atoms with van der Waals surface area (Å²) in [5.74, 6) is 1.36. The van der Waals surface area contributed by atoms with Crippen molar-refractivity contribution in [3.63, 3.8) is 0 Å². The van der Waals surface area contributed by atoms with Crippen LogP contribution in [0, 0.1) is 11.7 Å². The average Bonchev–Trinajstić information content (AvgIpc) is 3.48. The Morgan fingerprint density at radius 2 is 2.07 bits per heavy atom. The van der Waals surface area contributed by atoms with Crippen molar-refractivity contribution in [3.8, 4) is 5.75 Å². The van der Waals surface area contributed by atoms with Crippen LogP contribution in [0.3, 0.4) is 0 Å². The number of fused-ring (bicyclic) bond motifs is 1. The summed E-state index contributed by atoms with van der Waals surface area (Å²) in [6.45, 7) is 4.06. The molecule has 41 heavy (non-hydrogen) atoms. The number of hydrogen-bond acceptors (Lipinski definition) is 8. The summed E-state index contributed by atoms with van der Waals surface area (Å²) in [5, 5.41) is 10.8. The van der Waals surface area contributed by atoms with Gasteiger partial charge in [0, 0.05) is 35.7 Å². The van der Waals surface area contributed by atoms with Crippen LogP contribution in [0.4, 0.5) is 26.4 Å². The summed E-state index contributed by atoms with van der Waals surface area (Å²) in [6.07, 6.45) is 6.75. The van der Waals surface area contributed by atoms with Gasteiger partial charge in [0.05, 0.1) is 29.4 Å². The molecule has 1 atom stereocenters. The molecular weight excluding hydrogens is 572 g/mol. The first-order chi connectivity index (χ1) is 20.0. The summed E-state index contributed by atoms with van der Waals surface area (Å²) < 4.78 is 25.3. The molecule has 0 saturated carbocycles. The normalized spacial score (nSPS) is 18.2. The number of anilines is 3. The number of hydrazone groups is 1. The number of nitrogens with one attached hydrogen (secondary N) is 3. The van der Waals surface area contributed by atoms with E-state index in [2.05, 4.69) is 36.0 Å². The molecule has 2 aliphatic heterocycles. The quantitative estimate of drug-likeness (QED) is 0.153. The van der Waals surface area contributed by atoms with Crippen molar-refractivity contribution in [3.05, 3.63) is 47.5 Å². The lowest BCUT2D eigenvalue weighted by Crippen LogP contribution is -2.35. The fourth-order valence-corrected chi connectivity index (χ4v) is 5.14. The molecule has 13 heteroatoms. The number of carbonyl (C=O) groups is 1. The summed E-state index contributed by atoms with van der Waals surface area (Å²) >= 11 is 11.8.